The first kappa shape index (κ1) is 15.5. The molecule has 0 radical (unpaired) electrons. The van der Waals surface area contributed by atoms with Gasteiger partial charge in [0.25, 0.3) is 0 Å². The lowest BCUT2D eigenvalue weighted by atomic mass is 9.84. The molecule has 0 bridgehead atoms. The van der Waals surface area contributed by atoms with Crippen LogP contribution in [-0.4, -0.2) is 19.0 Å². The van der Waals surface area contributed by atoms with Crippen LogP contribution in [0.1, 0.15) is 31.7 Å². The van der Waals surface area contributed by atoms with Gasteiger partial charge >= 0.3 is 0 Å². The van der Waals surface area contributed by atoms with Crippen molar-refractivity contribution in [2.75, 3.05) is 18.4 Å². The molecule has 1 amide bonds. The summed E-state index contributed by atoms with van der Waals surface area (Å²) in [5, 5.41) is 6.41. The zero-order valence-corrected chi connectivity index (χ0v) is 13.8. The standard InChI is InChI=1S/C16H23BrN2O/c1-11(13-6-8-18-9-7-13)10-16(20)19-15-5-3-4-14(17)12(15)2/h3-5,11,13,18H,6-10H2,1-2H3,(H,19,20). The van der Waals surface area contributed by atoms with Crippen molar-refractivity contribution in [1.82, 2.24) is 5.32 Å². The van der Waals surface area contributed by atoms with Gasteiger partial charge in [-0.15, -0.1) is 0 Å². The minimum atomic E-state index is 0.122. The second-order valence-electron chi connectivity index (χ2n) is 5.73. The third-order valence-electron chi connectivity index (χ3n) is 4.24. The number of anilines is 1. The summed E-state index contributed by atoms with van der Waals surface area (Å²) in [6.07, 6.45) is 2.98. The first-order valence-corrected chi connectivity index (χ1v) is 8.13. The maximum atomic E-state index is 12.2. The summed E-state index contributed by atoms with van der Waals surface area (Å²) < 4.78 is 1.03. The third kappa shape index (κ3) is 4.06. The van der Waals surface area contributed by atoms with Crippen molar-refractivity contribution >= 4 is 27.5 Å². The zero-order chi connectivity index (χ0) is 14.5. The lowest BCUT2D eigenvalue weighted by molar-refractivity contribution is -0.117. The third-order valence-corrected chi connectivity index (χ3v) is 5.10. The van der Waals surface area contributed by atoms with Crippen molar-refractivity contribution in [2.45, 2.75) is 33.1 Å². The van der Waals surface area contributed by atoms with Gasteiger partial charge in [0.05, 0.1) is 0 Å². The predicted molar refractivity (Wildman–Crippen MR) is 86.9 cm³/mol. The molecule has 2 N–H and O–H groups in total. The number of carbonyl (C=O) groups is 1. The first-order valence-electron chi connectivity index (χ1n) is 7.33. The van der Waals surface area contributed by atoms with Gasteiger partial charge < -0.3 is 10.6 Å². The van der Waals surface area contributed by atoms with Crippen molar-refractivity contribution < 1.29 is 4.79 Å². The van der Waals surface area contributed by atoms with Crippen LogP contribution in [0.2, 0.25) is 0 Å². The van der Waals surface area contributed by atoms with Gasteiger partial charge in [-0.05, 0) is 62.4 Å². The average molecular weight is 339 g/mol. The maximum absolute atomic E-state index is 12.2. The Hall–Kier alpha value is -0.870. The van der Waals surface area contributed by atoms with Gasteiger partial charge in [-0.2, -0.15) is 0 Å². The highest BCUT2D eigenvalue weighted by molar-refractivity contribution is 9.10. The number of nitrogens with one attached hydrogen (secondary N) is 2. The van der Waals surface area contributed by atoms with E-state index in [0.29, 0.717) is 18.3 Å². The summed E-state index contributed by atoms with van der Waals surface area (Å²) in [5.74, 6) is 1.24. The smallest absolute Gasteiger partial charge is 0.224 e. The predicted octanol–water partition coefficient (Wildman–Crippen LogP) is 3.72. The van der Waals surface area contributed by atoms with Gasteiger partial charge in [0.15, 0.2) is 0 Å². The number of piperidine rings is 1. The quantitative estimate of drug-likeness (QED) is 0.878. The van der Waals surface area contributed by atoms with E-state index in [0.717, 1.165) is 28.8 Å². The van der Waals surface area contributed by atoms with E-state index in [-0.39, 0.29) is 5.91 Å². The Kier molecular flexibility index (Phi) is 5.61. The van der Waals surface area contributed by atoms with E-state index < -0.39 is 0 Å². The fourth-order valence-electron chi connectivity index (χ4n) is 2.82. The van der Waals surface area contributed by atoms with Crippen LogP contribution in [0.3, 0.4) is 0 Å². The molecule has 1 aliphatic rings. The summed E-state index contributed by atoms with van der Waals surface area (Å²) in [7, 11) is 0. The molecule has 0 spiro atoms. The van der Waals surface area contributed by atoms with Gasteiger partial charge in [-0.1, -0.05) is 28.9 Å². The van der Waals surface area contributed by atoms with E-state index >= 15 is 0 Å². The molecule has 1 aromatic carbocycles. The summed E-state index contributed by atoms with van der Waals surface area (Å²) in [6, 6.07) is 5.89. The molecule has 1 aromatic rings. The fourth-order valence-corrected chi connectivity index (χ4v) is 3.18. The van der Waals surface area contributed by atoms with E-state index in [1.807, 2.05) is 25.1 Å². The molecule has 0 saturated carbocycles. The topological polar surface area (TPSA) is 41.1 Å². The van der Waals surface area contributed by atoms with Gasteiger partial charge in [0.2, 0.25) is 5.91 Å². The molecule has 4 heteroatoms. The molecule has 110 valence electrons. The number of amides is 1. The minimum Gasteiger partial charge on any atom is -0.326 e. The monoisotopic (exact) mass is 338 g/mol. The number of halogens is 1. The van der Waals surface area contributed by atoms with Crippen molar-refractivity contribution in [2.24, 2.45) is 11.8 Å². The van der Waals surface area contributed by atoms with E-state index in [1.165, 1.54) is 12.8 Å². The largest absolute Gasteiger partial charge is 0.326 e. The van der Waals surface area contributed by atoms with Gasteiger partial charge in [-0.3, -0.25) is 4.79 Å². The Morgan fingerprint density at radius 1 is 1.45 bits per heavy atom. The number of rotatable bonds is 4. The highest BCUT2D eigenvalue weighted by Gasteiger charge is 2.22. The minimum absolute atomic E-state index is 0.122. The molecular formula is C16H23BrN2O. The fraction of sp³-hybridized carbons (Fsp3) is 0.562. The van der Waals surface area contributed by atoms with E-state index in [1.54, 1.807) is 0 Å². The van der Waals surface area contributed by atoms with Crippen LogP contribution in [0.25, 0.3) is 0 Å². The molecule has 3 nitrogen and oxygen atoms in total. The maximum Gasteiger partial charge on any atom is 0.224 e. The molecule has 1 heterocycles. The van der Waals surface area contributed by atoms with Crippen molar-refractivity contribution in [1.29, 1.82) is 0 Å². The molecule has 1 fully saturated rings. The second kappa shape index (κ2) is 7.23. The van der Waals surface area contributed by atoms with Crippen LogP contribution < -0.4 is 10.6 Å². The summed E-state index contributed by atoms with van der Waals surface area (Å²) >= 11 is 3.49. The normalized spacial score (nSPS) is 17.8. The number of carbonyl (C=O) groups excluding carboxylic acids is 1. The molecular weight excluding hydrogens is 316 g/mol. The van der Waals surface area contributed by atoms with Crippen molar-refractivity contribution in [3.05, 3.63) is 28.2 Å². The van der Waals surface area contributed by atoms with Gasteiger partial charge in [0.1, 0.15) is 0 Å². The van der Waals surface area contributed by atoms with E-state index in [2.05, 4.69) is 33.5 Å². The first-order chi connectivity index (χ1) is 9.58. The zero-order valence-electron chi connectivity index (χ0n) is 12.2. The summed E-state index contributed by atoms with van der Waals surface area (Å²) in [4.78, 5) is 12.2. The highest BCUT2D eigenvalue weighted by Crippen LogP contribution is 2.26. The van der Waals surface area contributed by atoms with Gasteiger partial charge in [0, 0.05) is 16.6 Å². The number of benzene rings is 1. The van der Waals surface area contributed by atoms with Crippen LogP contribution in [-0.2, 0) is 4.79 Å². The van der Waals surface area contributed by atoms with Crippen LogP contribution in [0.15, 0.2) is 22.7 Å². The molecule has 1 atom stereocenters. The van der Waals surface area contributed by atoms with Crippen LogP contribution in [0.4, 0.5) is 5.69 Å². The second-order valence-corrected chi connectivity index (χ2v) is 6.58. The Balaban J connectivity index is 1.90. The molecule has 20 heavy (non-hydrogen) atoms. The van der Waals surface area contributed by atoms with Gasteiger partial charge in [-0.25, -0.2) is 0 Å². The van der Waals surface area contributed by atoms with E-state index in [4.69, 9.17) is 0 Å². The van der Waals surface area contributed by atoms with Crippen molar-refractivity contribution in [3.63, 3.8) is 0 Å². The number of hydrogen-bond acceptors (Lipinski definition) is 2. The SMILES string of the molecule is Cc1c(Br)cccc1NC(=O)CC(C)C1CCNCC1. The summed E-state index contributed by atoms with van der Waals surface area (Å²) in [5.41, 5.74) is 1.98. The summed E-state index contributed by atoms with van der Waals surface area (Å²) in [6.45, 7) is 6.38. The van der Waals surface area contributed by atoms with Crippen molar-refractivity contribution in [3.8, 4) is 0 Å². The molecule has 0 aromatic heterocycles. The highest BCUT2D eigenvalue weighted by atomic mass is 79.9. The molecule has 1 aliphatic heterocycles. The van der Waals surface area contributed by atoms with E-state index in [9.17, 15) is 4.79 Å². The van der Waals surface area contributed by atoms with Crippen LogP contribution in [0.5, 0.6) is 0 Å². The van der Waals surface area contributed by atoms with Crippen LogP contribution >= 0.6 is 15.9 Å². The molecule has 1 unspecified atom stereocenters. The Morgan fingerprint density at radius 2 is 2.15 bits per heavy atom. The lowest BCUT2D eigenvalue weighted by Gasteiger charge is -2.28. The Morgan fingerprint density at radius 3 is 2.85 bits per heavy atom. The number of hydrogen-bond donors (Lipinski definition) is 2. The molecule has 2 rings (SSSR count). The molecule has 0 aliphatic carbocycles. The average Bonchev–Trinajstić information content (AvgIpc) is 2.45. The van der Waals surface area contributed by atoms with Crippen LogP contribution in [0, 0.1) is 18.8 Å². The Bertz CT molecular complexity index is 470. The Labute approximate surface area is 129 Å². The lowest BCUT2D eigenvalue weighted by Crippen LogP contribution is -2.32. The molecule has 1 saturated heterocycles.